The molecule has 0 amide bonds. The number of nitrogens with one attached hydrogen (secondary N) is 3. The molecule has 1 unspecified atom stereocenters. The van der Waals surface area contributed by atoms with Gasteiger partial charge in [-0.05, 0) is 30.4 Å². The number of hydrogen-bond acceptors (Lipinski definition) is 3. The minimum Gasteiger partial charge on any atom is -0.361 e. The van der Waals surface area contributed by atoms with Crippen LogP contribution in [0.1, 0.15) is 55.9 Å². The number of aromatic nitrogens is 4. The van der Waals surface area contributed by atoms with E-state index < -0.39 is 0 Å². The molecule has 3 N–H and O–H groups in total. The van der Waals surface area contributed by atoms with Gasteiger partial charge in [0.2, 0.25) is 0 Å². The van der Waals surface area contributed by atoms with Crippen molar-refractivity contribution >= 4 is 16.9 Å². The molecule has 30 heavy (non-hydrogen) atoms. The van der Waals surface area contributed by atoms with Gasteiger partial charge in [0.1, 0.15) is 5.82 Å². The molecule has 160 valence electrons. The number of H-pyrrole nitrogens is 1. The van der Waals surface area contributed by atoms with E-state index in [4.69, 9.17) is 0 Å². The monoisotopic (exact) mass is 407 g/mol. The van der Waals surface area contributed by atoms with Crippen molar-refractivity contribution in [1.82, 2.24) is 30.4 Å². The van der Waals surface area contributed by atoms with E-state index in [1.165, 1.54) is 22.0 Å². The molecule has 0 bridgehead atoms. The van der Waals surface area contributed by atoms with Gasteiger partial charge in [-0.15, -0.1) is 0 Å². The van der Waals surface area contributed by atoms with Crippen LogP contribution in [-0.4, -0.2) is 45.3 Å². The zero-order valence-electron chi connectivity index (χ0n) is 18.5. The number of guanidine groups is 1. The molecule has 7 nitrogen and oxygen atoms in total. The molecule has 0 saturated carbocycles. The predicted octanol–water partition coefficient (Wildman–Crippen LogP) is 3.17. The van der Waals surface area contributed by atoms with Crippen molar-refractivity contribution < 1.29 is 0 Å². The minimum absolute atomic E-state index is 0.311. The molecule has 1 aliphatic rings. The zero-order chi connectivity index (χ0) is 21.1. The lowest BCUT2D eigenvalue weighted by Gasteiger charge is -2.25. The quantitative estimate of drug-likeness (QED) is 0.433. The van der Waals surface area contributed by atoms with Gasteiger partial charge in [-0.3, -0.25) is 4.99 Å². The number of aromatic amines is 1. The van der Waals surface area contributed by atoms with E-state index in [1.807, 2.05) is 7.05 Å². The number of nitrogens with zero attached hydrogens (tertiary/aromatic N) is 4. The van der Waals surface area contributed by atoms with E-state index in [2.05, 4.69) is 80.5 Å². The Morgan fingerprint density at radius 1 is 1.33 bits per heavy atom. The highest BCUT2D eigenvalue weighted by Crippen LogP contribution is 2.22. The smallest absolute Gasteiger partial charge is 0.191 e. The molecule has 0 aliphatic carbocycles. The van der Waals surface area contributed by atoms with Crippen LogP contribution in [0.4, 0.5) is 0 Å². The Labute approximate surface area is 178 Å². The van der Waals surface area contributed by atoms with Crippen molar-refractivity contribution in [2.45, 2.75) is 65.0 Å². The molecule has 0 fully saturated rings. The summed E-state index contributed by atoms with van der Waals surface area (Å²) < 4.78 is 2.06. The lowest BCUT2D eigenvalue weighted by Crippen LogP contribution is -2.47. The fraction of sp³-hybridized carbons (Fsp3) is 0.522. The van der Waals surface area contributed by atoms with Crippen LogP contribution in [0.3, 0.4) is 0 Å². The van der Waals surface area contributed by atoms with Crippen LogP contribution in [0.25, 0.3) is 10.9 Å². The van der Waals surface area contributed by atoms with Gasteiger partial charge >= 0.3 is 0 Å². The number of rotatable bonds is 6. The summed E-state index contributed by atoms with van der Waals surface area (Å²) in [6.45, 7) is 8.14. The highest BCUT2D eigenvalue weighted by molar-refractivity contribution is 5.86. The van der Waals surface area contributed by atoms with Crippen LogP contribution in [0, 0.1) is 0 Å². The summed E-state index contributed by atoms with van der Waals surface area (Å²) in [5, 5.41) is 13.0. The van der Waals surface area contributed by atoms with Gasteiger partial charge in [-0.1, -0.05) is 39.0 Å². The Balaban J connectivity index is 1.33. The van der Waals surface area contributed by atoms with E-state index in [0.717, 1.165) is 56.4 Å². The topological polar surface area (TPSA) is 82.9 Å². The average Bonchev–Trinajstić information content (AvgIpc) is 3.37. The van der Waals surface area contributed by atoms with Crippen molar-refractivity contribution in [2.24, 2.45) is 4.99 Å². The first-order valence-corrected chi connectivity index (χ1v) is 11.1. The van der Waals surface area contributed by atoms with Gasteiger partial charge in [-0.2, -0.15) is 5.10 Å². The molecule has 7 heteroatoms. The van der Waals surface area contributed by atoms with Gasteiger partial charge < -0.3 is 15.6 Å². The largest absolute Gasteiger partial charge is 0.361 e. The number of para-hydroxylation sites is 1. The molecule has 4 rings (SSSR count). The molecule has 3 aromatic rings. The van der Waals surface area contributed by atoms with Crippen LogP contribution < -0.4 is 10.6 Å². The predicted molar refractivity (Wildman–Crippen MR) is 122 cm³/mol. The summed E-state index contributed by atoms with van der Waals surface area (Å²) in [7, 11) is 1.83. The molecule has 0 spiro atoms. The van der Waals surface area contributed by atoms with E-state index in [9.17, 15) is 0 Å². The van der Waals surface area contributed by atoms with Crippen LogP contribution in [0.5, 0.6) is 0 Å². The number of fused-ring (bicyclic) bond motifs is 2. The first kappa shape index (κ1) is 20.4. The highest BCUT2D eigenvalue weighted by Gasteiger charge is 2.23. The van der Waals surface area contributed by atoms with Gasteiger partial charge in [0.15, 0.2) is 11.8 Å². The maximum absolute atomic E-state index is 4.67. The third-order valence-electron chi connectivity index (χ3n) is 5.91. The van der Waals surface area contributed by atoms with Gasteiger partial charge in [0, 0.05) is 49.1 Å². The molecule has 0 saturated heterocycles. The third-order valence-corrected chi connectivity index (χ3v) is 5.91. The second kappa shape index (κ2) is 8.90. The molecular weight excluding hydrogens is 374 g/mol. The number of aryl methyl sites for hydroxylation is 2. The maximum Gasteiger partial charge on any atom is 0.191 e. The van der Waals surface area contributed by atoms with Crippen LogP contribution in [-0.2, 0) is 25.8 Å². The van der Waals surface area contributed by atoms with Crippen molar-refractivity contribution in [3.8, 4) is 0 Å². The summed E-state index contributed by atoms with van der Waals surface area (Å²) in [6, 6.07) is 6.86. The highest BCUT2D eigenvalue weighted by atomic mass is 15.4. The van der Waals surface area contributed by atoms with Gasteiger partial charge in [0.05, 0.1) is 6.54 Å². The lowest BCUT2D eigenvalue weighted by atomic mass is 10.1. The number of benzene rings is 1. The summed E-state index contributed by atoms with van der Waals surface area (Å²) in [5.41, 5.74) is 3.98. The summed E-state index contributed by atoms with van der Waals surface area (Å²) in [4.78, 5) is 12.6. The molecule has 3 heterocycles. The van der Waals surface area contributed by atoms with Crippen molar-refractivity contribution in [1.29, 1.82) is 0 Å². The Morgan fingerprint density at radius 3 is 2.97 bits per heavy atom. The van der Waals surface area contributed by atoms with Crippen LogP contribution >= 0.6 is 0 Å². The Hall–Kier alpha value is -2.83. The van der Waals surface area contributed by atoms with Crippen molar-refractivity contribution in [3.05, 3.63) is 47.2 Å². The van der Waals surface area contributed by atoms with Crippen LogP contribution in [0.2, 0.25) is 0 Å². The zero-order valence-corrected chi connectivity index (χ0v) is 18.5. The fourth-order valence-corrected chi connectivity index (χ4v) is 4.17. The fourth-order valence-electron chi connectivity index (χ4n) is 4.17. The second-order valence-electron chi connectivity index (χ2n) is 8.36. The Kier molecular flexibility index (Phi) is 6.06. The lowest BCUT2D eigenvalue weighted by molar-refractivity contribution is 0.391. The average molecular weight is 408 g/mol. The molecular formula is C23H33N7. The molecule has 0 radical (unpaired) electrons. The van der Waals surface area contributed by atoms with E-state index >= 15 is 0 Å². The Morgan fingerprint density at radius 2 is 2.20 bits per heavy atom. The summed E-state index contributed by atoms with van der Waals surface area (Å²) >= 11 is 0. The standard InChI is InChI=1S/C23H33N7/c1-5-16-7-6-8-19-17(13-26-21(16)19)11-12-25-23(24-4)27-18-9-10-20-28-22(15(2)3)29-30(20)14-18/h6-8,13,15,18,26H,5,9-12,14H2,1-4H3,(H2,24,25,27). The molecule has 2 aromatic heterocycles. The minimum atomic E-state index is 0.311. The number of hydrogen-bond donors (Lipinski definition) is 3. The SMILES string of the molecule is CCc1cccc2c(CCNC(=NC)NC3CCc4nc(C(C)C)nn4C3)c[nH]c12. The first-order chi connectivity index (χ1) is 14.6. The van der Waals surface area contributed by atoms with E-state index in [1.54, 1.807) is 0 Å². The summed E-state index contributed by atoms with van der Waals surface area (Å²) in [6.07, 6.45) is 6.12. The normalized spacial score (nSPS) is 16.8. The number of aliphatic imine (C=N–C) groups is 1. The van der Waals surface area contributed by atoms with Gasteiger partial charge in [-0.25, -0.2) is 9.67 Å². The first-order valence-electron chi connectivity index (χ1n) is 11.1. The maximum atomic E-state index is 4.67. The molecule has 1 atom stereocenters. The van der Waals surface area contributed by atoms with Crippen LogP contribution in [0.15, 0.2) is 29.4 Å². The van der Waals surface area contributed by atoms with Crippen molar-refractivity contribution in [2.75, 3.05) is 13.6 Å². The summed E-state index contributed by atoms with van der Waals surface area (Å²) in [5.74, 6) is 3.26. The Bertz CT molecular complexity index is 1030. The van der Waals surface area contributed by atoms with Gasteiger partial charge in [0.25, 0.3) is 0 Å². The van der Waals surface area contributed by atoms with E-state index in [-0.39, 0.29) is 0 Å². The molecule has 1 aliphatic heterocycles. The second-order valence-corrected chi connectivity index (χ2v) is 8.36. The van der Waals surface area contributed by atoms with E-state index in [0.29, 0.717) is 12.0 Å². The third kappa shape index (κ3) is 4.20. The molecule has 1 aromatic carbocycles. The van der Waals surface area contributed by atoms with Crippen molar-refractivity contribution in [3.63, 3.8) is 0 Å².